The maximum absolute atomic E-state index is 11.1. The summed E-state index contributed by atoms with van der Waals surface area (Å²) >= 11 is 0. The van der Waals surface area contributed by atoms with E-state index in [9.17, 15) is 9.59 Å². The Bertz CT molecular complexity index is 336. The standard InChI is InChI=1S/C12H21N2O4/c1-5-17-10(15)9-13-7-6-8-14-11(16)18-12(2,3)4/h13H,5-7,9H2,1-4H3/q+1. The highest BCUT2D eigenvalue weighted by atomic mass is 16.6. The molecule has 0 aliphatic rings. The summed E-state index contributed by atoms with van der Waals surface area (Å²) in [6.45, 7) is 8.04. The fourth-order valence-corrected chi connectivity index (χ4v) is 0.952. The third kappa shape index (κ3) is 10.9. The zero-order chi connectivity index (χ0) is 14.0. The molecule has 0 saturated carbocycles. The van der Waals surface area contributed by atoms with Gasteiger partial charge >= 0.3 is 12.1 Å². The minimum absolute atomic E-state index is 0.141. The van der Waals surface area contributed by atoms with Crippen molar-refractivity contribution in [1.82, 2.24) is 5.32 Å². The highest BCUT2D eigenvalue weighted by molar-refractivity contribution is 5.79. The lowest BCUT2D eigenvalue weighted by Gasteiger charge is -2.12. The molecule has 18 heavy (non-hydrogen) atoms. The summed E-state index contributed by atoms with van der Waals surface area (Å²) in [7, 11) is 0. The van der Waals surface area contributed by atoms with Crippen molar-refractivity contribution in [2.75, 3.05) is 19.7 Å². The van der Waals surface area contributed by atoms with Crippen molar-refractivity contribution in [1.29, 1.82) is 0 Å². The molecule has 0 aromatic rings. The van der Waals surface area contributed by atoms with E-state index in [1.165, 1.54) is 0 Å². The van der Waals surface area contributed by atoms with E-state index in [0.29, 0.717) is 19.6 Å². The predicted octanol–water partition coefficient (Wildman–Crippen LogP) is 1.80. The number of carbonyl (C=O) groups is 2. The lowest BCUT2D eigenvalue weighted by Crippen LogP contribution is -2.25. The summed E-state index contributed by atoms with van der Waals surface area (Å²) in [5.74, 6) is -0.304. The van der Waals surface area contributed by atoms with Crippen LogP contribution in [0.4, 0.5) is 4.79 Å². The van der Waals surface area contributed by atoms with Gasteiger partial charge in [0, 0.05) is 6.54 Å². The number of esters is 1. The second-order valence-electron chi connectivity index (χ2n) is 4.48. The van der Waals surface area contributed by atoms with Crippen molar-refractivity contribution >= 4 is 12.1 Å². The van der Waals surface area contributed by atoms with Crippen molar-refractivity contribution < 1.29 is 19.1 Å². The molecule has 0 aromatic carbocycles. The Hall–Kier alpha value is -1.61. The number of hydrogen-bond acceptors (Lipinski definition) is 5. The Labute approximate surface area is 107 Å². The topological polar surface area (TPSA) is 69.0 Å². The highest BCUT2D eigenvalue weighted by Gasteiger charge is 2.23. The third-order valence-electron chi connectivity index (χ3n) is 1.55. The molecule has 102 valence electrons. The zero-order valence-electron chi connectivity index (χ0n) is 11.4. The number of ether oxygens (including phenoxy) is 2. The molecule has 0 unspecified atom stereocenters. The first-order valence-electron chi connectivity index (χ1n) is 5.88. The molecule has 0 heterocycles. The van der Waals surface area contributed by atoms with Crippen molar-refractivity contribution in [3.05, 3.63) is 4.85 Å². The molecule has 6 nitrogen and oxygen atoms in total. The molecular weight excluding hydrogens is 236 g/mol. The van der Waals surface area contributed by atoms with Crippen LogP contribution in [0.2, 0.25) is 0 Å². The Morgan fingerprint density at radius 1 is 1.33 bits per heavy atom. The molecule has 0 aromatic heterocycles. The fourth-order valence-electron chi connectivity index (χ4n) is 0.952. The summed E-state index contributed by atoms with van der Waals surface area (Å²) in [6, 6.07) is 2.55. The zero-order valence-corrected chi connectivity index (χ0v) is 11.4. The lowest BCUT2D eigenvalue weighted by molar-refractivity contribution is -0.141. The molecule has 0 atom stereocenters. The Balaban J connectivity index is 3.67. The third-order valence-corrected chi connectivity index (χ3v) is 1.55. The van der Waals surface area contributed by atoms with Gasteiger partial charge in [0.1, 0.15) is 5.60 Å². The van der Waals surface area contributed by atoms with Gasteiger partial charge in [-0.2, -0.15) is 4.79 Å². The Morgan fingerprint density at radius 2 is 2.00 bits per heavy atom. The normalized spacial score (nSPS) is 10.2. The van der Waals surface area contributed by atoms with E-state index in [0.717, 1.165) is 0 Å². The molecule has 0 bridgehead atoms. The largest absolute Gasteiger partial charge is 0.728 e. The minimum atomic E-state index is -0.659. The molecule has 0 aliphatic heterocycles. The van der Waals surface area contributed by atoms with Gasteiger partial charge < -0.3 is 14.8 Å². The van der Waals surface area contributed by atoms with Gasteiger partial charge in [-0.25, -0.2) is 0 Å². The van der Waals surface area contributed by atoms with Crippen molar-refractivity contribution in [2.24, 2.45) is 0 Å². The second kappa shape index (κ2) is 8.48. The molecule has 0 radical (unpaired) electrons. The van der Waals surface area contributed by atoms with E-state index in [1.807, 2.05) is 0 Å². The van der Waals surface area contributed by atoms with Crippen LogP contribution in [0.3, 0.4) is 0 Å². The molecule has 0 aliphatic carbocycles. The number of amides is 1. The van der Waals surface area contributed by atoms with Gasteiger partial charge in [-0.1, -0.05) is 0 Å². The van der Waals surface area contributed by atoms with Gasteiger partial charge in [0.2, 0.25) is 0 Å². The number of nitrogens with one attached hydrogen (secondary N) is 1. The van der Waals surface area contributed by atoms with Crippen LogP contribution in [0, 0.1) is 6.07 Å². The molecule has 0 saturated heterocycles. The second-order valence-corrected chi connectivity index (χ2v) is 4.48. The van der Waals surface area contributed by atoms with Gasteiger partial charge in [-0.05, 0) is 27.7 Å². The number of nitrogens with zero attached hydrogens (tertiary/aromatic N) is 1. The molecular formula is C12H21N2O4+. The molecule has 1 N–H and O–H groups in total. The van der Waals surface area contributed by atoms with Gasteiger partial charge in [-0.15, -0.1) is 0 Å². The summed E-state index contributed by atoms with van der Waals surface area (Å²) < 4.78 is 9.67. The smallest absolute Gasteiger partial charge is 0.465 e. The van der Waals surface area contributed by atoms with Crippen LogP contribution in [0.25, 0.3) is 4.85 Å². The Kier molecular flexibility index (Phi) is 7.72. The number of rotatable bonds is 5. The maximum atomic E-state index is 11.1. The van der Waals surface area contributed by atoms with Gasteiger partial charge in [-0.3, -0.25) is 4.79 Å². The van der Waals surface area contributed by atoms with E-state index < -0.39 is 11.7 Å². The average molecular weight is 257 g/mol. The summed E-state index contributed by atoms with van der Waals surface area (Å²) in [5, 5.41) is 2.84. The first-order chi connectivity index (χ1) is 8.35. The van der Waals surface area contributed by atoms with Crippen LogP contribution in [0.1, 0.15) is 34.1 Å². The summed E-state index contributed by atoms with van der Waals surface area (Å²) in [4.78, 5) is 25.6. The van der Waals surface area contributed by atoms with Crippen LogP contribution >= 0.6 is 0 Å². The summed E-state index contributed by atoms with van der Waals surface area (Å²) in [6.07, 6.45) is -0.244. The maximum Gasteiger partial charge on any atom is 0.728 e. The summed E-state index contributed by atoms with van der Waals surface area (Å²) in [5.41, 5.74) is -0.551. The van der Waals surface area contributed by atoms with E-state index >= 15 is 0 Å². The SMILES string of the molecule is CCOC(=O)CNCCC#[N+]C(=O)OC(C)(C)C. The van der Waals surface area contributed by atoms with Crippen molar-refractivity contribution in [2.45, 2.75) is 39.7 Å². The molecule has 0 fully saturated rings. The average Bonchev–Trinajstić information content (AvgIpc) is 2.21. The van der Waals surface area contributed by atoms with Crippen LogP contribution in [-0.4, -0.2) is 37.4 Å². The van der Waals surface area contributed by atoms with E-state index in [1.54, 1.807) is 27.7 Å². The molecule has 0 rings (SSSR count). The van der Waals surface area contributed by atoms with Crippen molar-refractivity contribution in [3.8, 4) is 6.07 Å². The fraction of sp³-hybridized carbons (Fsp3) is 0.750. The first-order valence-corrected chi connectivity index (χ1v) is 5.88. The van der Waals surface area contributed by atoms with Gasteiger partial charge in [0.05, 0.1) is 24.4 Å². The predicted molar refractivity (Wildman–Crippen MR) is 67.6 cm³/mol. The van der Waals surface area contributed by atoms with Gasteiger partial charge in [0.15, 0.2) is 0 Å². The number of hydrogen-bond donors (Lipinski definition) is 1. The van der Waals surface area contributed by atoms with E-state index in [2.05, 4.69) is 16.2 Å². The van der Waals surface area contributed by atoms with Crippen LogP contribution in [0.15, 0.2) is 0 Å². The number of carbonyl (C=O) groups excluding carboxylic acids is 2. The van der Waals surface area contributed by atoms with Crippen LogP contribution < -0.4 is 5.32 Å². The monoisotopic (exact) mass is 257 g/mol. The lowest BCUT2D eigenvalue weighted by atomic mass is 10.2. The quantitative estimate of drug-likeness (QED) is 0.600. The molecule has 0 spiro atoms. The van der Waals surface area contributed by atoms with E-state index in [-0.39, 0.29) is 12.5 Å². The van der Waals surface area contributed by atoms with E-state index in [4.69, 9.17) is 9.47 Å². The first kappa shape index (κ1) is 16.4. The van der Waals surface area contributed by atoms with Gasteiger partial charge in [0.25, 0.3) is 6.07 Å². The molecule has 6 heteroatoms. The molecule has 1 amide bonds. The Morgan fingerprint density at radius 3 is 2.56 bits per heavy atom. The minimum Gasteiger partial charge on any atom is -0.465 e. The van der Waals surface area contributed by atoms with Crippen LogP contribution in [0.5, 0.6) is 0 Å². The highest BCUT2D eigenvalue weighted by Crippen LogP contribution is 2.07. The van der Waals surface area contributed by atoms with Crippen molar-refractivity contribution in [3.63, 3.8) is 0 Å². The van der Waals surface area contributed by atoms with Crippen LogP contribution in [-0.2, 0) is 14.3 Å².